The molecule has 0 spiro atoms. The maximum absolute atomic E-state index is 14.3. The number of carbonyl (C=O) groups excluding carboxylic acids is 4. The van der Waals surface area contributed by atoms with Gasteiger partial charge in [0, 0.05) is 25.9 Å². The number of nitrogens with one attached hydrogen (secondary N) is 2. The van der Waals surface area contributed by atoms with E-state index in [0.717, 1.165) is 48.2 Å². The lowest BCUT2D eigenvalue weighted by atomic mass is 9.94. The van der Waals surface area contributed by atoms with E-state index >= 15 is 0 Å². The largest absolute Gasteiger partial charge is 0.333 e. The summed E-state index contributed by atoms with van der Waals surface area (Å²) in [5, 5.41) is 24.9. The zero-order chi connectivity index (χ0) is 43.0. The third kappa shape index (κ3) is 7.96. The molecule has 8 rings (SSSR count). The van der Waals surface area contributed by atoms with E-state index in [9.17, 15) is 29.7 Å². The third-order valence-corrected chi connectivity index (χ3v) is 12.0. The predicted molar refractivity (Wildman–Crippen MR) is 230 cm³/mol. The highest BCUT2D eigenvalue weighted by Crippen LogP contribution is 2.40. The first kappa shape index (κ1) is 40.6. The van der Waals surface area contributed by atoms with Gasteiger partial charge >= 0.3 is 12.1 Å². The zero-order valence-electron chi connectivity index (χ0n) is 34.8. The van der Waals surface area contributed by atoms with Gasteiger partial charge in [-0.05, 0) is 84.6 Å². The molecule has 2 atom stereocenters. The Morgan fingerprint density at radius 1 is 0.607 bits per heavy atom. The van der Waals surface area contributed by atoms with Crippen LogP contribution in [0, 0.1) is 36.5 Å². The number of quaternary nitrogens is 1. The van der Waals surface area contributed by atoms with E-state index in [1.165, 1.54) is 0 Å². The molecule has 13 nitrogen and oxygen atoms in total. The van der Waals surface area contributed by atoms with Crippen LogP contribution in [0.5, 0.6) is 0 Å². The third-order valence-electron chi connectivity index (χ3n) is 12.0. The second kappa shape index (κ2) is 16.4. The van der Waals surface area contributed by atoms with Crippen LogP contribution in [0.2, 0.25) is 0 Å². The van der Waals surface area contributed by atoms with Gasteiger partial charge in [-0.15, -0.1) is 0 Å². The van der Waals surface area contributed by atoms with Gasteiger partial charge in [0.2, 0.25) is 0 Å². The maximum atomic E-state index is 14.3. The van der Waals surface area contributed by atoms with Gasteiger partial charge in [-0.2, -0.15) is 10.5 Å². The van der Waals surface area contributed by atoms with Crippen molar-refractivity contribution in [2.24, 2.45) is 0 Å². The van der Waals surface area contributed by atoms with Crippen molar-refractivity contribution in [3.63, 3.8) is 0 Å². The fraction of sp³-hybridized carbons (Fsp3) is 0.292. The van der Waals surface area contributed by atoms with E-state index in [1.54, 1.807) is 58.3 Å². The Morgan fingerprint density at radius 2 is 1.00 bits per heavy atom. The van der Waals surface area contributed by atoms with E-state index in [0.29, 0.717) is 75.7 Å². The highest BCUT2D eigenvalue weighted by molar-refractivity contribution is 6.08. The highest BCUT2D eigenvalue weighted by atomic mass is 16.2. The van der Waals surface area contributed by atoms with Gasteiger partial charge in [0.25, 0.3) is 11.8 Å². The summed E-state index contributed by atoms with van der Waals surface area (Å²) in [4.78, 5) is 62.9. The molecule has 308 valence electrons. The SMILES string of the molecule is Cc1cccc(N2C(=O)N[C@H](c3ccc(C#N)cc3)C3=C2CN(CCC[N+](C)(C)CCCN2CC4=C(C2=O)[C@@H](c2ccc(C#N)cc2)NC(=O)N4c2cccc(C)c2)C3=O)c1. The van der Waals surface area contributed by atoms with Crippen LogP contribution in [0.3, 0.4) is 0 Å². The van der Waals surface area contributed by atoms with E-state index in [2.05, 4.69) is 36.9 Å². The number of benzene rings is 4. The molecule has 0 bridgehead atoms. The molecule has 13 heteroatoms. The smallest absolute Gasteiger partial charge is 0.327 e. The molecule has 0 fully saturated rings. The normalized spacial score (nSPS) is 18.9. The van der Waals surface area contributed by atoms with Crippen LogP contribution < -0.4 is 20.4 Å². The molecule has 61 heavy (non-hydrogen) atoms. The summed E-state index contributed by atoms with van der Waals surface area (Å²) in [5.41, 5.74) is 8.23. The van der Waals surface area contributed by atoms with Crippen molar-refractivity contribution in [1.29, 1.82) is 10.5 Å². The lowest BCUT2D eigenvalue weighted by Crippen LogP contribution is -2.47. The summed E-state index contributed by atoms with van der Waals surface area (Å²) < 4.78 is 0.664. The van der Waals surface area contributed by atoms with Gasteiger partial charge in [-0.25, -0.2) is 9.59 Å². The predicted octanol–water partition coefficient (Wildman–Crippen LogP) is 6.34. The molecule has 2 N–H and O–H groups in total. The van der Waals surface area contributed by atoms with E-state index in [-0.39, 0.29) is 23.9 Å². The molecular formula is C48H48N9O4+. The van der Waals surface area contributed by atoms with Crippen LogP contribution in [-0.4, -0.2) is 91.5 Å². The van der Waals surface area contributed by atoms with Crippen molar-refractivity contribution in [1.82, 2.24) is 20.4 Å². The number of anilines is 2. The Labute approximate surface area is 355 Å². The van der Waals surface area contributed by atoms with Gasteiger partial charge in [0.15, 0.2) is 0 Å². The second-order valence-corrected chi connectivity index (χ2v) is 16.8. The summed E-state index contributed by atoms with van der Waals surface area (Å²) in [6, 6.07) is 31.6. The molecule has 0 radical (unpaired) electrons. The first-order valence-corrected chi connectivity index (χ1v) is 20.6. The maximum Gasteiger partial charge on any atom is 0.327 e. The second-order valence-electron chi connectivity index (χ2n) is 16.8. The summed E-state index contributed by atoms with van der Waals surface area (Å²) in [7, 11) is 4.30. The van der Waals surface area contributed by atoms with Crippen molar-refractivity contribution in [3.05, 3.63) is 153 Å². The lowest BCUT2D eigenvalue weighted by molar-refractivity contribution is -0.890. The summed E-state index contributed by atoms with van der Waals surface area (Å²) in [6.07, 6.45) is 1.44. The molecule has 6 amide bonds. The number of aryl methyl sites for hydroxylation is 2. The first-order chi connectivity index (χ1) is 29.3. The highest BCUT2D eigenvalue weighted by Gasteiger charge is 2.46. The monoisotopic (exact) mass is 814 g/mol. The summed E-state index contributed by atoms with van der Waals surface area (Å²) >= 11 is 0. The lowest BCUT2D eigenvalue weighted by Gasteiger charge is -2.33. The van der Waals surface area contributed by atoms with Crippen LogP contribution in [-0.2, 0) is 9.59 Å². The van der Waals surface area contributed by atoms with Crippen molar-refractivity contribution >= 4 is 35.3 Å². The number of carbonyl (C=O) groups is 4. The molecular weight excluding hydrogens is 767 g/mol. The molecule has 0 aliphatic carbocycles. The van der Waals surface area contributed by atoms with Crippen LogP contribution in [0.4, 0.5) is 21.0 Å². The minimum atomic E-state index is -0.647. The molecule has 4 aromatic carbocycles. The van der Waals surface area contributed by atoms with E-state index < -0.39 is 12.1 Å². The standard InChI is InChI=1S/C48H47N9O4/c1-31-9-5-11-37(25-31)55-39-29-53(45(58)41(39)43(51-47(55)60)35-17-13-33(27-49)14-18-35)21-7-23-57(3,4)24-8-22-54-30-40-42(46(54)59)44(36-19-15-34(28-50)16-20-36)52-48(61)56(40)38-12-6-10-32(2)26-38/h5-6,9-20,25-26,43-44H,7-8,21-24,29-30H2,1-4H3,(H-,51,52,60,61)/p+1/t43-,44-/m1/s1. The number of nitriles is 2. The molecule has 4 aromatic rings. The van der Waals surface area contributed by atoms with Gasteiger partial charge in [0.1, 0.15) is 0 Å². The summed E-state index contributed by atoms with van der Waals surface area (Å²) in [5.74, 6) is -0.244. The first-order valence-electron chi connectivity index (χ1n) is 20.6. The number of urea groups is 2. The van der Waals surface area contributed by atoms with Gasteiger partial charge in [-0.1, -0.05) is 48.5 Å². The van der Waals surface area contributed by atoms with Crippen molar-refractivity contribution in [3.8, 4) is 12.1 Å². The van der Waals surface area contributed by atoms with Crippen LogP contribution in [0.15, 0.2) is 120 Å². The average Bonchev–Trinajstić information content (AvgIpc) is 3.74. The van der Waals surface area contributed by atoms with Crippen molar-refractivity contribution < 1.29 is 23.7 Å². The van der Waals surface area contributed by atoms with E-state index in [1.807, 2.05) is 72.2 Å². The zero-order valence-corrected chi connectivity index (χ0v) is 34.8. The number of rotatable bonds is 12. The topological polar surface area (TPSA) is 153 Å². The van der Waals surface area contributed by atoms with Gasteiger partial charge in [0.05, 0.1) is 110 Å². The molecule has 0 aromatic heterocycles. The Hall–Kier alpha value is -7.22. The van der Waals surface area contributed by atoms with Crippen LogP contribution in [0.1, 0.15) is 58.3 Å². The average molecular weight is 815 g/mol. The van der Waals surface area contributed by atoms with E-state index in [4.69, 9.17) is 0 Å². The number of hydrogen-bond donors (Lipinski definition) is 2. The Bertz CT molecular complexity index is 2410. The van der Waals surface area contributed by atoms with Gasteiger partial charge in [-0.3, -0.25) is 19.4 Å². The molecule has 0 saturated heterocycles. The molecule has 0 unspecified atom stereocenters. The number of hydrogen-bond acceptors (Lipinski definition) is 6. The Morgan fingerprint density at radius 3 is 1.36 bits per heavy atom. The number of amides is 6. The molecule has 4 heterocycles. The minimum Gasteiger partial charge on any atom is -0.333 e. The van der Waals surface area contributed by atoms with Crippen molar-refractivity contribution in [2.75, 3.05) is 63.2 Å². The summed E-state index contributed by atoms with van der Waals surface area (Å²) in [6.45, 7) is 7.07. The minimum absolute atomic E-state index is 0.122. The fourth-order valence-electron chi connectivity index (χ4n) is 8.92. The van der Waals surface area contributed by atoms with Crippen LogP contribution >= 0.6 is 0 Å². The molecule has 0 saturated carbocycles. The number of nitrogens with zero attached hydrogens (tertiary/aromatic N) is 7. The Balaban J connectivity index is 0.929. The Kier molecular flexibility index (Phi) is 10.9. The molecule has 4 aliphatic heterocycles. The van der Waals surface area contributed by atoms with Crippen LogP contribution in [0.25, 0.3) is 0 Å². The van der Waals surface area contributed by atoms with Gasteiger partial charge < -0.3 is 24.9 Å². The molecule has 4 aliphatic rings. The fourth-order valence-corrected chi connectivity index (χ4v) is 8.92. The van der Waals surface area contributed by atoms with Crippen molar-refractivity contribution in [2.45, 2.75) is 38.8 Å². The quantitative estimate of drug-likeness (QED) is 0.159.